The second-order valence-electron chi connectivity index (χ2n) is 6.39. The zero-order valence-electron chi connectivity index (χ0n) is 10.2. The Hall–Kier alpha value is -0.0151. The van der Waals surface area contributed by atoms with Crippen molar-refractivity contribution in [3.63, 3.8) is 0 Å². The molecule has 3 saturated carbocycles. The molecule has 3 aliphatic carbocycles. The smallest absolute Gasteiger partial charge is 0.405 e. The third kappa shape index (κ3) is 1.14. The molecule has 0 spiro atoms. The predicted octanol–water partition coefficient (Wildman–Crippen LogP) is 2.73. The third-order valence-corrected chi connectivity index (χ3v) is 5.20. The zero-order chi connectivity index (χ0) is 10.8. The minimum Gasteiger partial charge on any atom is -0.405 e. The van der Waals surface area contributed by atoms with Crippen LogP contribution in [0, 0.1) is 17.3 Å². The van der Waals surface area contributed by atoms with Crippen LogP contribution in [0.15, 0.2) is 0 Å². The fourth-order valence-electron chi connectivity index (χ4n) is 3.97. The van der Waals surface area contributed by atoms with Crippen LogP contribution in [-0.2, 0) is 9.31 Å². The molecule has 0 amide bonds. The lowest BCUT2D eigenvalue weighted by molar-refractivity contribution is -0.185. The standard InChI is InChI=1S/C12H21BO2/c1-5-13-14-10-9-6-8(11(9,2)3)7-12(10,4)15-13/h8-10H,5-7H2,1-4H3/t8-,9?,10+,12-/m0/s1. The lowest BCUT2D eigenvalue weighted by Gasteiger charge is -2.63. The van der Waals surface area contributed by atoms with Gasteiger partial charge in [0.15, 0.2) is 0 Å². The summed E-state index contributed by atoms with van der Waals surface area (Å²) in [6.07, 6.45) is 3.87. The van der Waals surface area contributed by atoms with Gasteiger partial charge in [0.05, 0.1) is 11.7 Å². The van der Waals surface area contributed by atoms with Crippen molar-refractivity contribution in [1.82, 2.24) is 0 Å². The van der Waals surface area contributed by atoms with Crippen LogP contribution in [0.2, 0.25) is 6.32 Å². The van der Waals surface area contributed by atoms with E-state index in [-0.39, 0.29) is 12.7 Å². The summed E-state index contributed by atoms with van der Waals surface area (Å²) in [7, 11) is 0.0511. The molecule has 3 heteroatoms. The van der Waals surface area contributed by atoms with Crippen LogP contribution in [-0.4, -0.2) is 18.8 Å². The van der Waals surface area contributed by atoms with E-state index in [4.69, 9.17) is 9.31 Å². The van der Waals surface area contributed by atoms with E-state index >= 15 is 0 Å². The Labute approximate surface area is 92.9 Å². The molecular weight excluding hydrogens is 187 g/mol. The minimum atomic E-state index is 0.0176. The van der Waals surface area contributed by atoms with Crippen LogP contribution < -0.4 is 0 Å². The van der Waals surface area contributed by atoms with Crippen molar-refractivity contribution in [2.45, 2.75) is 58.6 Å². The average molecular weight is 208 g/mol. The maximum absolute atomic E-state index is 6.08. The zero-order valence-corrected chi connectivity index (χ0v) is 10.2. The van der Waals surface area contributed by atoms with Crippen molar-refractivity contribution in [2.75, 3.05) is 0 Å². The van der Waals surface area contributed by atoms with Gasteiger partial charge < -0.3 is 9.31 Å². The summed E-state index contributed by atoms with van der Waals surface area (Å²) in [6.45, 7) is 9.19. The molecule has 1 heterocycles. The number of hydrogen-bond acceptors (Lipinski definition) is 2. The summed E-state index contributed by atoms with van der Waals surface area (Å²) in [5.41, 5.74) is 0.500. The van der Waals surface area contributed by atoms with E-state index in [1.807, 2.05) is 0 Å². The first-order chi connectivity index (χ1) is 6.97. The summed E-state index contributed by atoms with van der Waals surface area (Å²) >= 11 is 0. The Bertz CT molecular complexity index is 291. The molecule has 2 nitrogen and oxygen atoms in total. The second-order valence-corrected chi connectivity index (χ2v) is 6.39. The fourth-order valence-corrected chi connectivity index (χ4v) is 3.97. The maximum Gasteiger partial charge on any atom is 0.457 e. The molecule has 2 bridgehead atoms. The van der Waals surface area contributed by atoms with Crippen LogP contribution in [0.5, 0.6) is 0 Å². The van der Waals surface area contributed by atoms with Gasteiger partial charge >= 0.3 is 7.12 Å². The van der Waals surface area contributed by atoms with E-state index in [9.17, 15) is 0 Å². The van der Waals surface area contributed by atoms with E-state index in [1.165, 1.54) is 12.8 Å². The van der Waals surface area contributed by atoms with E-state index in [1.54, 1.807) is 0 Å². The first-order valence-electron chi connectivity index (χ1n) is 6.30. The van der Waals surface area contributed by atoms with Gasteiger partial charge in [-0.1, -0.05) is 20.8 Å². The van der Waals surface area contributed by atoms with Gasteiger partial charge in [-0.05, 0) is 43.3 Å². The van der Waals surface area contributed by atoms with Crippen molar-refractivity contribution in [2.24, 2.45) is 17.3 Å². The first kappa shape index (κ1) is 10.2. The molecule has 1 unspecified atom stereocenters. The third-order valence-electron chi connectivity index (χ3n) is 5.20. The summed E-state index contributed by atoms with van der Waals surface area (Å²) < 4.78 is 12.2. The van der Waals surface area contributed by atoms with Gasteiger partial charge in [0, 0.05) is 0 Å². The van der Waals surface area contributed by atoms with Gasteiger partial charge in [0.2, 0.25) is 0 Å². The predicted molar refractivity (Wildman–Crippen MR) is 60.6 cm³/mol. The highest BCUT2D eigenvalue weighted by Gasteiger charge is 2.66. The van der Waals surface area contributed by atoms with Gasteiger partial charge in [0.25, 0.3) is 0 Å². The Kier molecular flexibility index (Phi) is 1.90. The van der Waals surface area contributed by atoms with Gasteiger partial charge in [-0.3, -0.25) is 0 Å². The molecule has 4 aliphatic rings. The fraction of sp³-hybridized carbons (Fsp3) is 1.00. The van der Waals surface area contributed by atoms with E-state index < -0.39 is 0 Å². The molecule has 0 aromatic carbocycles. The molecule has 0 aromatic heterocycles. The van der Waals surface area contributed by atoms with Gasteiger partial charge in [-0.25, -0.2) is 0 Å². The Morgan fingerprint density at radius 2 is 2.07 bits per heavy atom. The molecule has 84 valence electrons. The van der Waals surface area contributed by atoms with Crippen LogP contribution in [0.4, 0.5) is 0 Å². The van der Waals surface area contributed by atoms with E-state index in [2.05, 4.69) is 27.7 Å². The second kappa shape index (κ2) is 2.81. The first-order valence-corrected chi connectivity index (χ1v) is 6.30. The minimum absolute atomic E-state index is 0.0176. The molecule has 1 aliphatic heterocycles. The van der Waals surface area contributed by atoms with Gasteiger partial charge in [-0.2, -0.15) is 0 Å². The number of rotatable bonds is 1. The van der Waals surface area contributed by atoms with Crippen LogP contribution in [0.1, 0.15) is 40.5 Å². The summed E-state index contributed by atoms with van der Waals surface area (Å²) in [4.78, 5) is 0. The topological polar surface area (TPSA) is 18.5 Å². The lowest BCUT2D eigenvalue weighted by atomic mass is 9.45. The molecule has 4 rings (SSSR count). The quantitative estimate of drug-likeness (QED) is 0.617. The summed E-state index contributed by atoms with van der Waals surface area (Å²) in [5, 5.41) is 0. The van der Waals surface area contributed by atoms with Crippen LogP contribution in [0.25, 0.3) is 0 Å². The number of hydrogen-bond donors (Lipinski definition) is 0. The highest BCUT2D eigenvalue weighted by Crippen LogP contribution is 2.64. The van der Waals surface area contributed by atoms with Crippen molar-refractivity contribution in [1.29, 1.82) is 0 Å². The highest BCUT2D eigenvalue weighted by molar-refractivity contribution is 6.45. The van der Waals surface area contributed by atoms with Crippen molar-refractivity contribution in [3.8, 4) is 0 Å². The summed E-state index contributed by atoms with van der Waals surface area (Å²) in [6, 6.07) is 0. The molecule has 15 heavy (non-hydrogen) atoms. The summed E-state index contributed by atoms with van der Waals surface area (Å²) in [5.74, 6) is 1.57. The molecule has 1 saturated heterocycles. The van der Waals surface area contributed by atoms with Crippen molar-refractivity contribution in [3.05, 3.63) is 0 Å². The van der Waals surface area contributed by atoms with Crippen molar-refractivity contribution < 1.29 is 9.31 Å². The Balaban J connectivity index is 1.87. The molecule has 0 aromatic rings. The van der Waals surface area contributed by atoms with Crippen LogP contribution >= 0.6 is 0 Å². The van der Waals surface area contributed by atoms with Gasteiger partial charge in [0.1, 0.15) is 0 Å². The SMILES string of the molecule is CCB1O[C@@H]2C3C[C@@H](C[C@]2(C)O1)C3(C)C. The largest absolute Gasteiger partial charge is 0.457 e. The Morgan fingerprint density at radius 3 is 2.67 bits per heavy atom. The van der Waals surface area contributed by atoms with Gasteiger partial charge in [-0.15, -0.1) is 0 Å². The molecule has 0 radical (unpaired) electrons. The van der Waals surface area contributed by atoms with E-state index in [0.717, 1.165) is 18.2 Å². The normalized spacial score (nSPS) is 51.2. The molecular formula is C12H21BO2. The molecule has 4 fully saturated rings. The maximum atomic E-state index is 6.08. The van der Waals surface area contributed by atoms with Crippen molar-refractivity contribution >= 4 is 7.12 Å². The highest BCUT2D eigenvalue weighted by atomic mass is 16.7. The Morgan fingerprint density at radius 1 is 1.33 bits per heavy atom. The van der Waals surface area contributed by atoms with E-state index in [0.29, 0.717) is 11.5 Å². The molecule has 4 atom stereocenters. The van der Waals surface area contributed by atoms with Crippen LogP contribution in [0.3, 0.4) is 0 Å². The lowest BCUT2D eigenvalue weighted by Crippen LogP contribution is -2.63. The average Bonchev–Trinajstić information content (AvgIpc) is 2.53. The monoisotopic (exact) mass is 208 g/mol. The molecule has 0 N–H and O–H groups in total.